The van der Waals surface area contributed by atoms with Crippen molar-refractivity contribution in [2.24, 2.45) is 5.92 Å². The Hall–Kier alpha value is -2.18. The Kier molecular flexibility index (Phi) is 5.90. The summed E-state index contributed by atoms with van der Waals surface area (Å²) in [5.41, 5.74) is 0.748. The maximum absolute atomic E-state index is 12.1. The molecule has 0 saturated carbocycles. The van der Waals surface area contributed by atoms with Crippen molar-refractivity contribution in [3.8, 4) is 0 Å². The Bertz CT molecular complexity index is 591. The fraction of sp³-hybridized carbons (Fsp3) is 0.625. The van der Waals surface area contributed by atoms with Gasteiger partial charge in [-0.25, -0.2) is 4.98 Å². The van der Waals surface area contributed by atoms with Gasteiger partial charge in [0.25, 0.3) is 0 Å². The van der Waals surface area contributed by atoms with Crippen LogP contribution in [0.4, 0.5) is 0 Å². The molecule has 126 valence electrons. The van der Waals surface area contributed by atoms with Crippen LogP contribution in [0.15, 0.2) is 4.42 Å². The fourth-order valence-corrected chi connectivity index (χ4v) is 2.62. The number of methoxy groups -OCH3 is 1. The lowest BCUT2D eigenvalue weighted by atomic mass is 9.86. The minimum atomic E-state index is -0.484. The van der Waals surface area contributed by atoms with E-state index < -0.39 is 5.97 Å². The van der Waals surface area contributed by atoms with Crippen molar-refractivity contribution in [1.29, 1.82) is 0 Å². The number of nitrogens with zero attached hydrogens (tertiary/aromatic N) is 1. The van der Waals surface area contributed by atoms with Crippen molar-refractivity contribution in [2.45, 2.75) is 45.4 Å². The molecule has 23 heavy (non-hydrogen) atoms. The molecule has 0 saturated heterocycles. The Morgan fingerprint density at radius 3 is 2.78 bits per heavy atom. The molecule has 1 aromatic rings. The highest BCUT2D eigenvalue weighted by molar-refractivity contribution is 5.97. The Labute approximate surface area is 134 Å². The SMILES string of the molecule is CCOC(=O)CC(=O)C1CCc2oc(CCC(=O)OC)nc2C1. The number of hydrogen-bond acceptors (Lipinski definition) is 7. The van der Waals surface area contributed by atoms with Gasteiger partial charge in [0.15, 0.2) is 5.89 Å². The van der Waals surface area contributed by atoms with Crippen LogP contribution in [-0.2, 0) is 43.1 Å². The van der Waals surface area contributed by atoms with E-state index in [0.29, 0.717) is 31.6 Å². The standard InChI is InChI=1S/C16H21NO6/c1-3-22-16(20)9-12(18)10-4-5-13-11(8-10)17-14(23-13)6-7-15(19)21-2/h10H,3-9H2,1-2H3. The quantitative estimate of drug-likeness (QED) is 0.553. The van der Waals surface area contributed by atoms with Gasteiger partial charge in [0.05, 0.1) is 25.8 Å². The highest BCUT2D eigenvalue weighted by Gasteiger charge is 2.29. The number of rotatable bonds is 7. The van der Waals surface area contributed by atoms with E-state index in [1.54, 1.807) is 6.92 Å². The van der Waals surface area contributed by atoms with Crippen molar-refractivity contribution >= 4 is 17.7 Å². The molecule has 7 nitrogen and oxygen atoms in total. The average Bonchev–Trinajstić information content (AvgIpc) is 2.94. The first-order valence-electron chi connectivity index (χ1n) is 7.76. The van der Waals surface area contributed by atoms with Gasteiger partial charge in [-0.2, -0.15) is 0 Å². The zero-order chi connectivity index (χ0) is 16.8. The zero-order valence-corrected chi connectivity index (χ0v) is 13.4. The van der Waals surface area contributed by atoms with Crippen LogP contribution < -0.4 is 0 Å². The topological polar surface area (TPSA) is 95.7 Å². The monoisotopic (exact) mass is 323 g/mol. The minimum absolute atomic E-state index is 0.117. The predicted molar refractivity (Wildman–Crippen MR) is 78.6 cm³/mol. The number of fused-ring (bicyclic) bond motifs is 1. The first-order valence-corrected chi connectivity index (χ1v) is 7.76. The van der Waals surface area contributed by atoms with E-state index >= 15 is 0 Å². The molecule has 0 bridgehead atoms. The summed E-state index contributed by atoms with van der Waals surface area (Å²) in [5, 5.41) is 0. The number of carbonyl (C=O) groups excluding carboxylic acids is 3. The summed E-state index contributed by atoms with van der Waals surface area (Å²) in [7, 11) is 1.34. The lowest BCUT2D eigenvalue weighted by molar-refractivity contribution is -0.146. The molecule has 1 aliphatic rings. The van der Waals surface area contributed by atoms with E-state index in [0.717, 1.165) is 11.5 Å². The van der Waals surface area contributed by atoms with Crippen LogP contribution in [0.2, 0.25) is 0 Å². The molecule has 7 heteroatoms. The molecule has 1 aliphatic carbocycles. The van der Waals surface area contributed by atoms with Crippen LogP contribution >= 0.6 is 0 Å². The first kappa shape index (κ1) is 17.2. The van der Waals surface area contributed by atoms with Gasteiger partial charge in [0, 0.05) is 25.2 Å². The normalized spacial score (nSPS) is 16.5. The Morgan fingerprint density at radius 1 is 1.30 bits per heavy atom. The van der Waals surface area contributed by atoms with E-state index in [9.17, 15) is 14.4 Å². The number of carbonyl (C=O) groups is 3. The van der Waals surface area contributed by atoms with Crippen LogP contribution in [0.1, 0.15) is 43.5 Å². The van der Waals surface area contributed by atoms with Gasteiger partial charge in [-0.05, 0) is 13.3 Å². The molecule has 1 heterocycles. The molecule has 0 radical (unpaired) electrons. The maximum Gasteiger partial charge on any atom is 0.313 e. The predicted octanol–water partition coefficient (Wildman–Crippen LogP) is 1.41. The summed E-state index contributed by atoms with van der Waals surface area (Å²) in [6, 6.07) is 0. The van der Waals surface area contributed by atoms with E-state index in [-0.39, 0.29) is 37.1 Å². The largest absolute Gasteiger partial charge is 0.469 e. The molecule has 0 aromatic carbocycles. The molecule has 2 rings (SSSR count). The third kappa shape index (κ3) is 4.64. The molecule has 0 spiro atoms. The van der Waals surface area contributed by atoms with Crippen LogP contribution in [0.3, 0.4) is 0 Å². The smallest absolute Gasteiger partial charge is 0.313 e. The summed E-state index contributed by atoms with van der Waals surface area (Å²) in [4.78, 5) is 39.0. The molecule has 0 amide bonds. The van der Waals surface area contributed by atoms with Gasteiger partial charge in [-0.1, -0.05) is 0 Å². The van der Waals surface area contributed by atoms with E-state index in [4.69, 9.17) is 9.15 Å². The summed E-state index contributed by atoms with van der Waals surface area (Å²) >= 11 is 0. The molecular formula is C16H21NO6. The number of Topliss-reactive ketones (excluding diaryl/α,β-unsaturated/α-hetero) is 1. The second-order valence-electron chi connectivity index (χ2n) is 5.44. The van der Waals surface area contributed by atoms with Crippen LogP contribution in [0.5, 0.6) is 0 Å². The van der Waals surface area contributed by atoms with Crippen LogP contribution in [0.25, 0.3) is 0 Å². The van der Waals surface area contributed by atoms with Gasteiger partial charge in [-0.3, -0.25) is 14.4 Å². The van der Waals surface area contributed by atoms with Gasteiger partial charge < -0.3 is 13.9 Å². The molecular weight excluding hydrogens is 302 g/mol. The molecule has 1 aromatic heterocycles. The molecule has 0 fully saturated rings. The number of oxazole rings is 1. The number of esters is 2. The Morgan fingerprint density at radius 2 is 2.09 bits per heavy atom. The molecule has 1 unspecified atom stereocenters. The minimum Gasteiger partial charge on any atom is -0.469 e. The Balaban J connectivity index is 1.92. The second kappa shape index (κ2) is 7.89. The van der Waals surface area contributed by atoms with E-state index in [1.165, 1.54) is 7.11 Å². The van der Waals surface area contributed by atoms with Crippen LogP contribution in [-0.4, -0.2) is 36.4 Å². The highest BCUT2D eigenvalue weighted by atomic mass is 16.5. The number of ketones is 1. The van der Waals surface area contributed by atoms with Crippen molar-refractivity contribution in [2.75, 3.05) is 13.7 Å². The van der Waals surface area contributed by atoms with Gasteiger partial charge in [0.2, 0.25) is 0 Å². The average molecular weight is 323 g/mol. The van der Waals surface area contributed by atoms with E-state index in [1.807, 2.05) is 0 Å². The first-order chi connectivity index (χ1) is 11.0. The zero-order valence-electron chi connectivity index (χ0n) is 13.4. The molecule has 0 aliphatic heterocycles. The summed E-state index contributed by atoms with van der Waals surface area (Å²) in [6.07, 6.45) is 2.11. The summed E-state index contributed by atoms with van der Waals surface area (Å²) in [6.45, 7) is 1.98. The number of hydrogen-bond donors (Lipinski definition) is 0. The van der Waals surface area contributed by atoms with Crippen molar-refractivity contribution in [1.82, 2.24) is 4.98 Å². The third-order valence-electron chi connectivity index (χ3n) is 3.83. The fourth-order valence-electron chi connectivity index (χ4n) is 2.62. The maximum atomic E-state index is 12.1. The molecule has 1 atom stereocenters. The van der Waals surface area contributed by atoms with Gasteiger partial charge in [-0.15, -0.1) is 0 Å². The van der Waals surface area contributed by atoms with Crippen molar-refractivity contribution in [3.05, 3.63) is 17.3 Å². The lowest BCUT2D eigenvalue weighted by Crippen LogP contribution is -2.25. The highest BCUT2D eigenvalue weighted by Crippen LogP contribution is 2.27. The van der Waals surface area contributed by atoms with Gasteiger partial charge >= 0.3 is 11.9 Å². The van der Waals surface area contributed by atoms with E-state index in [2.05, 4.69) is 9.72 Å². The third-order valence-corrected chi connectivity index (χ3v) is 3.83. The lowest BCUT2D eigenvalue weighted by Gasteiger charge is -2.18. The number of aryl methyl sites for hydroxylation is 2. The second-order valence-corrected chi connectivity index (χ2v) is 5.44. The van der Waals surface area contributed by atoms with Gasteiger partial charge in [0.1, 0.15) is 18.0 Å². The van der Waals surface area contributed by atoms with Crippen molar-refractivity contribution in [3.63, 3.8) is 0 Å². The number of ether oxygens (including phenoxy) is 2. The summed E-state index contributed by atoms with van der Waals surface area (Å²) < 4.78 is 15.0. The number of aromatic nitrogens is 1. The summed E-state index contributed by atoms with van der Waals surface area (Å²) in [5.74, 6) is 0.105. The van der Waals surface area contributed by atoms with Crippen molar-refractivity contribution < 1.29 is 28.3 Å². The molecule has 0 N–H and O–H groups in total. The van der Waals surface area contributed by atoms with Crippen LogP contribution in [0, 0.1) is 5.92 Å².